The molecule has 0 radical (unpaired) electrons. The molecule has 0 bridgehead atoms. The highest BCUT2D eigenvalue weighted by molar-refractivity contribution is 6.32. The Morgan fingerprint density at radius 2 is 2.00 bits per heavy atom. The van der Waals surface area contributed by atoms with E-state index in [9.17, 15) is 4.79 Å². The normalized spacial score (nSPS) is 10.7. The number of nitrogens with zero attached hydrogens (tertiary/aromatic N) is 2. The van der Waals surface area contributed by atoms with Crippen LogP contribution in [0, 0.1) is 0 Å². The van der Waals surface area contributed by atoms with Crippen molar-refractivity contribution in [1.82, 2.24) is 9.78 Å². The molecule has 2 aromatic rings. The SMILES string of the molecule is CCCc1nn(CCCc2ccccc2)c(Cl)c1C=O. The van der Waals surface area contributed by atoms with Gasteiger partial charge in [-0.2, -0.15) is 5.10 Å². The van der Waals surface area contributed by atoms with Crippen molar-refractivity contribution < 1.29 is 4.79 Å². The van der Waals surface area contributed by atoms with Gasteiger partial charge < -0.3 is 0 Å². The van der Waals surface area contributed by atoms with E-state index in [1.807, 2.05) is 18.2 Å². The molecule has 0 fully saturated rings. The van der Waals surface area contributed by atoms with Crippen LogP contribution in [-0.4, -0.2) is 16.1 Å². The first kappa shape index (κ1) is 14.8. The minimum absolute atomic E-state index is 0.469. The fourth-order valence-corrected chi connectivity index (χ4v) is 2.54. The van der Waals surface area contributed by atoms with Gasteiger partial charge in [-0.15, -0.1) is 0 Å². The average molecular weight is 291 g/mol. The summed E-state index contributed by atoms with van der Waals surface area (Å²) < 4.78 is 1.75. The van der Waals surface area contributed by atoms with Crippen LogP contribution in [0.2, 0.25) is 5.15 Å². The maximum atomic E-state index is 11.1. The molecule has 0 saturated carbocycles. The first-order chi connectivity index (χ1) is 9.76. The lowest BCUT2D eigenvalue weighted by molar-refractivity contribution is 0.112. The molecule has 1 aromatic carbocycles. The van der Waals surface area contributed by atoms with E-state index in [4.69, 9.17) is 11.6 Å². The van der Waals surface area contributed by atoms with Crippen LogP contribution in [-0.2, 0) is 19.4 Å². The Labute approximate surface area is 124 Å². The van der Waals surface area contributed by atoms with Crippen LogP contribution in [0.4, 0.5) is 0 Å². The zero-order valence-corrected chi connectivity index (χ0v) is 12.4. The number of rotatable bonds is 7. The number of hydrogen-bond donors (Lipinski definition) is 0. The van der Waals surface area contributed by atoms with Gasteiger partial charge in [-0.3, -0.25) is 9.48 Å². The summed E-state index contributed by atoms with van der Waals surface area (Å²) >= 11 is 6.22. The van der Waals surface area contributed by atoms with Crippen molar-refractivity contribution in [3.8, 4) is 0 Å². The quantitative estimate of drug-likeness (QED) is 0.724. The standard InChI is InChI=1S/C16H19ClN2O/c1-2-7-15-14(12-20)16(17)19(18-15)11-6-10-13-8-4-3-5-9-13/h3-5,8-9,12H,2,6-7,10-11H2,1H3. The number of hydrogen-bond acceptors (Lipinski definition) is 2. The molecule has 106 valence electrons. The lowest BCUT2D eigenvalue weighted by Crippen LogP contribution is -2.02. The number of benzene rings is 1. The molecule has 0 spiro atoms. The van der Waals surface area contributed by atoms with Crippen LogP contribution < -0.4 is 0 Å². The van der Waals surface area contributed by atoms with Crippen molar-refractivity contribution in [2.24, 2.45) is 0 Å². The van der Waals surface area contributed by atoms with Gasteiger partial charge in [-0.05, 0) is 24.8 Å². The first-order valence-electron chi connectivity index (χ1n) is 7.00. The molecule has 0 amide bonds. The highest BCUT2D eigenvalue weighted by atomic mass is 35.5. The van der Waals surface area contributed by atoms with Gasteiger partial charge >= 0.3 is 0 Å². The molecular weight excluding hydrogens is 272 g/mol. The van der Waals surface area contributed by atoms with Crippen molar-refractivity contribution in [2.75, 3.05) is 0 Å². The molecule has 0 aliphatic heterocycles. The lowest BCUT2D eigenvalue weighted by atomic mass is 10.1. The summed E-state index contributed by atoms with van der Waals surface area (Å²) in [6.07, 6.45) is 4.50. The molecule has 4 heteroatoms. The minimum Gasteiger partial charge on any atom is -0.298 e. The highest BCUT2D eigenvalue weighted by Crippen LogP contribution is 2.20. The smallest absolute Gasteiger partial charge is 0.155 e. The average Bonchev–Trinajstić information content (AvgIpc) is 2.76. The van der Waals surface area contributed by atoms with Crippen molar-refractivity contribution in [2.45, 2.75) is 39.2 Å². The topological polar surface area (TPSA) is 34.9 Å². The Bertz CT molecular complexity index is 563. The van der Waals surface area contributed by atoms with Crippen molar-refractivity contribution in [1.29, 1.82) is 0 Å². The largest absolute Gasteiger partial charge is 0.298 e. The third-order valence-corrected chi connectivity index (χ3v) is 3.68. The van der Waals surface area contributed by atoms with E-state index >= 15 is 0 Å². The molecule has 0 atom stereocenters. The monoisotopic (exact) mass is 290 g/mol. The van der Waals surface area contributed by atoms with Gasteiger partial charge in [0, 0.05) is 6.54 Å². The number of carbonyl (C=O) groups is 1. The Morgan fingerprint density at radius 1 is 1.25 bits per heavy atom. The van der Waals surface area contributed by atoms with Crippen LogP contribution in [0.15, 0.2) is 30.3 Å². The number of halogens is 1. The summed E-state index contributed by atoms with van der Waals surface area (Å²) in [5.74, 6) is 0. The van der Waals surface area contributed by atoms with Crippen molar-refractivity contribution in [3.05, 3.63) is 52.3 Å². The zero-order valence-electron chi connectivity index (χ0n) is 11.7. The lowest BCUT2D eigenvalue weighted by Gasteiger charge is -2.03. The van der Waals surface area contributed by atoms with Gasteiger partial charge in [-0.1, -0.05) is 55.3 Å². The van der Waals surface area contributed by atoms with Crippen LogP contribution in [0.3, 0.4) is 0 Å². The number of aryl methyl sites for hydroxylation is 3. The Balaban J connectivity index is 2.01. The van der Waals surface area contributed by atoms with Gasteiger partial charge in [0.15, 0.2) is 6.29 Å². The predicted molar refractivity (Wildman–Crippen MR) is 81.4 cm³/mol. The van der Waals surface area contributed by atoms with Crippen molar-refractivity contribution >= 4 is 17.9 Å². The molecule has 3 nitrogen and oxygen atoms in total. The molecule has 2 rings (SSSR count). The second-order valence-corrected chi connectivity index (χ2v) is 5.19. The number of aldehydes is 1. The summed E-state index contributed by atoms with van der Waals surface area (Å²) in [4.78, 5) is 11.1. The van der Waals surface area contributed by atoms with Gasteiger partial charge in [-0.25, -0.2) is 0 Å². The van der Waals surface area contributed by atoms with E-state index in [1.54, 1.807) is 4.68 Å². The van der Waals surface area contributed by atoms with Gasteiger partial charge in [0.25, 0.3) is 0 Å². The third kappa shape index (κ3) is 3.48. The van der Waals surface area contributed by atoms with Gasteiger partial charge in [0.2, 0.25) is 0 Å². The molecule has 0 aliphatic carbocycles. The summed E-state index contributed by atoms with van der Waals surface area (Å²) in [5, 5.41) is 4.92. The number of aromatic nitrogens is 2. The first-order valence-corrected chi connectivity index (χ1v) is 7.38. The van der Waals surface area contributed by atoms with Crippen LogP contribution in [0.25, 0.3) is 0 Å². The Morgan fingerprint density at radius 3 is 2.65 bits per heavy atom. The molecule has 0 unspecified atom stereocenters. The fraction of sp³-hybridized carbons (Fsp3) is 0.375. The van der Waals surface area contributed by atoms with Crippen molar-refractivity contribution in [3.63, 3.8) is 0 Å². The van der Waals surface area contributed by atoms with Crippen LogP contribution >= 0.6 is 11.6 Å². The van der Waals surface area contributed by atoms with Crippen LogP contribution in [0.1, 0.15) is 41.4 Å². The van der Waals surface area contributed by atoms with Gasteiger partial charge in [0.1, 0.15) is 5.15 Å². The van der Waals surface area contributed by atoms with Gasteiger partial charge in [0.05, 0.1) is 11.3 Å². The Kier molecular flexibility index (Phi) is 5.36. The third-order valence-electron chi connectivity index (χ3n) is 3.28. The predicted octanol–water partition coefficient (Wildman–Crippen LogP) is 3.93. The molecule has 0 aliphatic rings. The fourth-order valence-electron chi connectivity index (χ4n) is 2.27. The van der Waals surface area contributed by atoms with E-state index in [-0.39, 0.29) is 0 Å². The maximum Gasteiger partial charge on any atom is 0.155 e. The molecule has 1 heterocycles. The van der Waals surface area contributed by atoms with E-state index in [2.05, 4.69) is 24.2 Å². The molecule has 1 aromatic heterocycles. The summed E-state index contributed by atoms with van der Waals surface area (Å²) in [6, 6.07) is 10.3. The number of carbonyl (C=O) groups excluding carboxylic acids is 1. The maximum absolute atomic E-state index is 11.1. The van der Waals surface area contributed by atoms with E-state index in [0.29, 0.717) is 10.7 Å². The second-order valence-electron chi connectivity index (χ2n) is 4.83. The Hall–Kier alpha value is -1.61. The molecule has 0 saturated heterocycles. The van der Waals surface area contributed by atoms with E-state index in [0.717, 1.165) is 44.2 Å². The minimum atomic E-state index is 0.469. The second kappa shape index (κ2) is 7.25. The summed E-state index contributed by atoms with van der Waals surface area (Å²) in [5.41, 5.74) is 2.67. The van der Waals surface area contributed by atoms with E-state index in [1.165, 1.54) is 5.56 Å². The highest BCUT2D eigenvalue weighted by Gasteiger charge is 2.14. The van der Waals surface area contributed by atoms with E-state index < -0.39 is 0 Å². The molecular formula is C16H19ClN2O. The summed E-state index contributed by atoms with van der Waals surface area (Å²) in [7, 11) is 0. The summed E-state index contributed by atoms with van der Waals surface area (Å²) in [6.45, 7) is 2.80. The zero-order chi connectivity index (χ0) is 14.4. The van der Waals surface area contributed by atoms with Crippen LogP contribution in [0.5, 0.6) is 0 Å². The molecule has 20 heavy (non-hydrogen) atoms. The molecule has 0 N–H and O–H groups in total.